The van der Waals surface area contributed by atoms with E-state index in [-0.39, 0.29) is 35.7 Å². The second-order valence-corrected chi connectivity index (χ2v) is 7.32. The van der Waals surface area contributed by atoms with Gasteiger partial charge in [0.1, 0.15) is 11.6 Å². The quantitative estimate of drug-likeness (QED) is 0.357. The standard InChI is InChI=1S/C23H21N5O7/c1-32-10-15-6-12(4-5-17(15)20-24-21-19(22(30)25-20)26-28-27-21)13-7-14(23(31)34-3)9-16(8-13)35-11-18(29)33-2/h4-9H,10-11H2,1-3H3,(H2,24,25,26,27,28,30). The highest BCUT2D eigenvalue weighted by Gasteiger charge is 2.16. The average Bonchev–Trinajstić information content (AvgIpc) is 3.36. The Morgan fingerprint density at radius 2 is 1.80 bits per heavy atom. The summed E-state index contributed by atoms with van der Waals surface area (Å²) < 4.78 is 20.3. The first kappa shape index (κ1) is 23.6. The Kier molecular flexibility index (Phi) is 6.83. The summed E-state index contributed by atoms with van der Waals surface area (Å²) in [6.07, 6.45) is 0. The number of carbonyl (C=O) groups is 2. The van der Waals surface area contributed by atoms with Gasteiger partial charge < -0.3 is 23.9 Å². The van der Waals surface area contributed by atoms with Gasteiger partial charge in [0.2, 0.25) is 5.65 Å². The fourth-order valence-corrected chi connectivity index (χ4v) is 3.45. The highest BCUT2D eigenvalue weighted by Crippen LogP contribution is 2.31. The maximum Gasteiger partial charge on any atom is 0.343 e. The van der Waals surface area contributed by atoms with Gasteiger partial charge in [0.05, 0.1) is 26.4 Å². The molecule has 12 nitrogen and oxygen atoms in total. The van der Waals surface area contributed by atoms with Gasteiger partial charge in [-0.2, -0.15) is 5.21 Å². The van der Waals surface area contributed by atoms with Gasteiger partial charge in [0, 0.05) is 12.7 Å². The summed E-state index contributed by atoms with van der Waals surface area (Å²) in [5, 5.41) is 10.1. The zero-order valence-electron chi connectivity index (χ0n) is 19.1. The molecule has 0 fully saturated rings. The van der Waals surface area contributed by atoms with E-state index in [0.29, 0.717) is 17.0 Å². The molecule has 0 aliphatic carbocycles. The molecule has 0 radical (unpaired) electrons. The summed E-state index contributed by atoms with van der Waals surface area (Å²) in [6.45, 7) is -0.107. The molecule has 0 saturated heterocycles. The summed E-state index contributed by atoms with van der Waals surface area (Å²) in [4.78, 5) is 43.2. The van der Waals surface area contributed by atoms with Crippen LogP contribution < -0.4 is 10.3 Å². The van der Waals surface area contributed by atoms with Crippen LogP contribution in [0.5, 0.6) is 5.75 Å². The molecule has 0 aliphatic heterocycles. The number of rotatable bonds is 8. The monoisotopic (exact) mass is 479 g/mol. The number of aromatic nitrogens is 5. The Morgan fingerprint density at radius 1 is 0.971 bits per heavy atom. The predicted molar refractivity (Wildman–Crippen MR) is 123 cm³/mol. The van der Waals surface area contributed by atoms with Crippen LogP contribution in [-0.4, -0.2) is 65.3 Å². The first-order valence-electron chi connectivity index (χ1n) is 10.3. The van der Waals surface area contributed by atoms with Crippen molar-refractivity contribution in [2.24, 2.45) is 0 Å². The van der Waals surface area contributed by atoms with E-state index in [1.807, 2.05) is 6.07 Å². The fourth-order valence-electron chi connectivity index (χ4n) is 3.45. The Hall–Kier alpha value is -4.58. The number of nitrogens with one attached hydrogen (secondary N) is 2. The van der Waals surface area contributed by atoms with Crippen molar-refractivity contribution in [1.82, 2.24) is 25.4 Å². The number of H-pyrrole nitrogens is 2. The van der Waals surface area contributed by atoms with Crippen LogP contribution >= 0.6 is 0 Å². The maximum absolute atomic E-state index is 12.4. The number of carbonyl (C=O) groups excluding carboxylic acids is 2. The van der Waals surface area contributed by atoms with E-state index in [2.05, 4.69) is 30.1 Å². The molecular weight excluding hydrogens is 458 g/mol. The topological polar surface area (TPSA) is 158 Å². The molecule has 0 spiro atoms. The van der Waals surface area contributed by atoms with Crippen LogP contribution in [-0.2, 0) is 25.6 Å². The first-order chi connectivity index (χ1) is 16.9. The van der Waals surface area contributed by atoms with Crippen LogP contribution in [0.1, 0.15) is 15.9 Å². The van der Waals surface area contributed by atoms with Crippen molar-refractivity contribution in [3.8, 4) is 28.3 Å². The van der Waals surface area contributed by atoms with Crippen molar-refractivity contribution >= 4 is 23.1 Å². The average molecular weight is 479 g/mol. The normalized spacial score (nSPS) is 10.8. The molecule has 0 saturated carbocycles. The Morgan fingerprint density at radius 3 is 2.54 bits per heavy atom. The van der Waals surface area contributed by atoms with E-state index in [1.54, 1.807) is 31.4 Å². The highest BCUT2D eigenvalue weighted by molar-refractivity contribution is 5.92. The molecule has 35 heavy (non-hydrogen) atoms. The lowest BCUT2D eigenvalue weighted by Crippen LogP contribution is -2.13. The molecule has 2 aromatic heterocycles. The van der Waals surface area contributed by atoms with Gasteiger partial charge in [-0.15, -0.1) is 10.2 Å². The molecule has 0 atom stereocenters. The van der Waals surface area contributed by atoms with Gasteiger partial charge in [0.15, 0.2) is 12.1 Å². The molecule has 0 bridgehead atoms. The fraction of sp³-hybridized carbons (Fsp3) is 0.217. The number of hydrogen-bond acceptors (Lipinski definition) is 10. The molecule has 4 aromatic rings. The summed E-state index contributed by atoms with van der Waals surface area (Å²) in [7, 11) is 4.07. The van der Waals surface area contributed by atoms with Gasteiger partial charge >= 0.3 is 11.9 Å². The lowest BCUT2D eigenvalue weighted by Gasteiger charge is -2.13. The number of benzene rings is 2. The summed E-state index contributed by atoms with van der Waals surface area (Å²) in [6, 6.07) is 10.2. The Bertz CT molecular complexity index is 1460. The number of ether oxygens (including phenoxy) is 4. The van der Waals surface area contributed by atoms with Gasteiger partial charge in [-0.1, -0.05) is 12.1 Å². The molecule has 0 aliphatic rings. The van der Waals surface area contributed by atoms with Gasteiger partial charge in [-0.3, -0.25) is 4.79 Å². The van der Waals surface area contributed by atoms with Crippen molar-refractivity contribution in [1.29, 1.82) is 0 Å². The molecule has 2 heterocycles. The zero-order chi connectivity index (χ0) is 24.9. The van der Waals surface area contributed by atoms with E-state index < -0.39 is 17.5 Å². The number of nitrogens with zero attached hydrogens (tertiary/aromatic N) is 3. The molecular formula is C23H21N5O7. The molecule has 0 amide bonds. The second kappa shape index (κ2) is 10.1. The minimum absolute atomic E-state index is 0.109. The van der Waals surface area contributed by atoms with E-state index in [4.69, 9.17) is 14.2 Å². The molecule has 2 aromatic carbocycles. The number of methoxy groups -OCH3 is 3. The molecule has 180 valence electrons. The highest BCUT2D eigenvalue weighted by atomic mass is 16.6. The Labute approximate surface area is 198 Å². The molecule has 12 heteroatoms. The molecule has 0 unspecified atom stereocenters. The SMILES string of the molecule is COCc1cc(-c2cc(OCC(=O)OC)cc(C(=O)OC)c2)ccc1-c1nc2n[nH]nc2c(=O)[nH]1. The number of esters is 2. The van der Waals surface area contributed by atoms with Crippen molar-refractivity contribution in [2.45, 2.75) is 6.61 Å². The van der Waals surface area contributed by atoms with Gasteiger partial charge in [0.25, 0.3) is 5.56 Å². The van der Waals surface area contributed by atoms with Crippen LogP contribution in [0.25, 0.3) is 33.7 Å². The van der Waals surface area contributed by atoms with E-state index in [9.17, 15) is 14.4 Å². The van der Waals surface area contributed by atoms with Crippen LogP contribution in [0.2, 0.25) is 0 Å². The van der Waals surface area contributed by atoms with Crippen molar-refractivity contribution in [3.63, 3.8) is 0 Å². The van der Waals surface area contributed by atoms with Crippen LogP contribution in [0, 0.1) is 0 Å². The van der Waals surface area contributed by atoms with Crippen LogP contribution in [0.15, 0.2) is 41.2 Å². The summed E-state index contributed by atoms with van der Waals surface area (Å²) in [5.41, 5.74) is 2.81. The second-order valence-electron chi connectivity index (χ2n) is 7.32. The van der Waals surface area contributed by atoms with E-state index in [0.717, 1.165) is 11.1 Å². The number of aromatic amines is 2. The third-order valence-electron chi connectivity index (χ3n) is 5.10. The molecule has 2 N–H and O–H groups in total. The van der Waals surface area contributed by atoms with Crippen molar-refractivity contribution in [3.05, 3.63) is 57.9 Å². The first-order valence-corrected chi connectivity index (χ1v) is 10.3. The maximum atomic E-state index is 12.4. The van der Waals surface area contributed by atoms with Crippen LogP contribution in [0.4, 0.5) is 0 Å². The molecule has 4 rings (SSSR count). The van der Waals surface area contributed by atoms with Gasteiger partial charge in [-0.05, 0) is 41.0 Å². The van der Waals surface area contributed by atoms with Gasteiger partial charge in [-0.25, -0.2) is 14.6 Å². The summed E-state index contributed by atoms with van der Waals surface area (Å²) in [5.74, 6) is -0.535. The minimum Gasteiger partial charge on any atom is -0.482 e. The van der Waals surface area contributed by atoms with Crippen molar-refractivity contribution < 1.29 is 28.5 Å². The number of fused-ring (bicyclic) bond motifs is 1. The third-order valence-corrected chi connectivity index (χ3v) is 5.10. The smallest absolute Gasteiger partial charge is 0.343 e. The minimum atomic E-state index is -0.564. The lowest BCUT2D eigenvalue weighted by atomic mass is 9.97. The Balaban J connectivity index is 1.79. The number of hydrogen-bond donors (Lipinski definition) is 2. The zero-order valence-corrected chi connectivity index (χ0v) is 19.1. The third kappa shape index (κ3) is 5.01. The van der Waals surface area contributed by atoms with Crippen LogP contribution in [0.3, 0.4) is 0 Å². The summed E-state index contributed by atoms with van der Waals surface area (Å²) >= 11 is 0. The van der Waals surface area contributed by atoms with E-state index >= 15 is 0 Å². The lowest BCUT2D eigenvalue weighted by molar-refractivity contribution is -0.142. The van der Waals surface area contributed by atoms with E-state index in [1.165, 1.54) is 20.3 Å². The predicted octanol–water partition coefficient (Wildman–Crippen LogP) is 1.86. The van der Waals surface area contributed by atoms with Crippen molar-refractivity contribution in [2.75, 3.05) is 27.9 Å². The largest absolute Gasteiger partial charge is 0.482 e.